The van der Waals surface area contributed by atoms with Crippen molar-refractivity contribution in [1.29, 1.82) is 0 Å². The molecule has 4 N–H and O–H groups in total. The molecule has 0 bridgehead atoms. The topological polar surface area (TPSA) is 83.8 Å². The van der Waals surface area contributed by atoms with Crippen LogP contribution in [0, 0.1) is 0 Å². The van der Waals surface area contributed by atoms with Crippen molar-refractivity contribution in [3.05, 3.63) is 24.4 Å². The lowest BCUT2D eigenvalue weighted by Gasteiger charge is -2.04. The molecule has 0 aliphatic rings. The van der Waals surface area contributed by atoms with Gasteiger partial charge in [0.2, 0.25) is 5.91 Å². The highest BCUT2D eigenvalue weighted by Crippen LogP contribution is 2.16. The van der Waals surface area contributed by atoms with E-state index in [1.807, 2.05) is 18.2 Å². The summed E-state index contributed by atoms with van der Waals surface area (Å²) < 4.78 is 0. The summed E-state index contributed by atoms with van der Waals surface area (Å²) in [6.07, 6.45) is 2.89. The van der Waals surface area contributed by atoms with Crippen LogP contribution in [-0.4, -0.2) is 22.6 Å². The van der Waals surface area contributed by atoms with Crippen LogP contribution in [0.15, 0.2) is 24.4 Å². The SMILES string of the molecule is NCCCC(=O)Nc1ccc2[nH]ncc2c1. The summed E-state index contributed by atoms with van der Waals surface area (Å²) in [5.74, 6) is -0.00621. The number of aromatic amines is 1. The van der Waals surface area contributed by atoms with Gasteiger partial charge in [0.1, 0.15) is 0 Å². The van der Waals surface area contributed by atoms with E-state index in [0.29, 0.717) is 19.4 Å². The minimum Gasteiger partial charge on any atom is -0.330 e. The minimum absolute atomic E-state index is 0.00621. The van der Waals surface area contributed by atoms with Gasteiger partial charge in [-0.1, -0.05) is 0 Å². The number of benzene rings is 1. The Hall–Kier alpha value is -1.88. The number of rotatable bonds is 4. The van der Waals surface area contributed by atoms with Gasteiger partial charge < -0.3 is 11.1 Å². The lowest BCUT2D eigenvalue weighted by Crippen LogP contribution is -2.13. The van der Waals surface area contributed by atoms with Gasteiger partial charge in [0.25, 0.3) is 0 Å². The Morgan fingerprint density at radius 1 is 1.50 bits per heavy atom. The second-order valence-electron chi connectivity index (χ2n) is 3.61. The Kier molecular flexibility index (Phi) is 3.16. The van der Waals surface area contributed by atoms with Crippen LogP contribution in [0.1, 0.15) is 12.8 Å². The molecule has 1 aromatic carbocycles. The molecular formula is C11H14N4O. The van der Waals surface area contributed by atoms with E-state index in [1.54, 1.807) is 6.20 Å². The lowest BCUT2D eigenvalue weighted by molar-refractivity contribution is -0.116. The standard InChI is InChI=1S/C11H14N4O/c12-5-1-2-11(16)14-9-3-4-10-8(6-9)7-13-15-10/h3-4,6-7H,1-2,5,12H2,(H,13,15)(H,14,16). The van der Waals surface area contributed by atoms with Gasteiger partial charge in [-0.05, 0) is 31.2 Å². The zero-order chi connectivity index (χ0) is 11.4. The number of nitrogens with zero attached hydrogens (tertiary/aromatic N) is 1. The van der Waals surface area contributed by atoms with E-state index in [9.17, 15) is 4.79 Å². The predicted octanol–water partition coefficient (Wildman–Crippen LogP) is 1.24. The second kappa shape index (κ2) is 4.76. The summed E-state index contributed by atoms with van der Waals surface area (Å²) >= 11 is 0. The van der Waals surface area contributed by atoms with E-state index in [2.05, 4.69) is 15.5 Å². The fourth-order valence-corrected chi connectivity index (χ4v) is 1.51. The molecule has 0 saturated heterocycles. The molecule has 0 unspecified atom stereocenters. The first-order chi connectivity index (χ1) is 7.79. The Labute approximate surface area is 93.0 Å². The van der Waals surface area contributed by atoms with E-state index >= 15 is 0 Å². The molecule has 16 heavy (non-hydrogen) atoms. The molecule has 1 heterocycles. The first-order valence-corrected chi connectivity index (χ1v) is 5.22. The maximum absolute atomic E-state index is 11.5. The van der Waals surface area contributed by atoms with Crippen molar-refractivity contribution in [2.45, 2.75) is 12.8 Å². The Bertz CT molecular complexity index is 491. The van der Waals surface area contributed by atoms with Crippen LogP contribution >= 0.6 is 0 Å². The molecule has 2 aromatic rings. The Morgan fingerprint density at radius 3 is 3.19 bits per heavy atom. The third kappa shape index (κ3) is 2.38. The van der Waals surface area contributed by atoms with Crippen molar-refractivity contribution >= 4 is 22.5 Å². The van der Waals surface area contributed by atoms with Gasteiger partial charge in [0, 0.05) is 17.5 Å². The van der Waals surface area contributed by atoms with E-state index in [0.717, 1.165) is 16.6 Å². The molecule has 0 spiro atoms. The van der Waals surface area contributed by atoms with Crippen molar-refractivity contribution < 1.29 is 4.79 Å². The van der Waals surface area contributed by atoms with Crippen LogP contribution in [-0.2, 0) is 4.79 Å². The van der Waals surface area contributed by atoms with Gasteiger partial charge in [0.15, 0.2) is 0 Å². The molecule has 1 aromatic heterocycles. The van der Waals surface area contributed by atoms with Crippen LogP contribution in [0.3, 0.4) is 0 Å². The van der Waals surface area contributed by atoms with Gasteiger partial charge in [-0.15, -0.1) is 0 Å². The second-order valence-corrected chi connectivity index (χ2v) is 3.61. The zero-order valence-corrected chi connectivity index (χ0v) is 8.86. The highest BCUT2D eigenvalue weighted by atomic mass is 16.1. The first kappa shape index (κ1) is 10.6. The lowest BCUT2D eigenvalue weighted by atomic mass is 10.2. The number of hydrogen-bond acceptors (Lipinski definition) is 3. The summed E-state index contributed by atoms with van der Waals surface area (Å²) in [6.45, 7) is 0.536. The van der Waals surface area contributed by atoms with Crippen molar-refractivity contribution in [1.82, 2.24) is 10.2 Å². The number of hydrogen-bond donors (Lipinski definition) is 3. The third-order valence-corrected chi connectivity index (χ3v) is 2.33. The number of aromatic nitrogens is 2. The Balaban J connectivity index is 2.06. The molecule has 0 saturated carbocycles. The first-order valence-electron chi connectivity index (χ1n) is 5.22. The molecular weight excluding hydrogens is 204 g/mol. The zero-order valence-electron chi connectivity index (χ0n) is 8.86. The normalized spacial score (nSPS) is 10.6. The molecule has 0 aliphatic heterocycles. The fraction of sp³-hybridized carbons (Fsp3) is 0.273. The van der Waals surface area contributed by atoms with Gasteiger partial charge >= 0.3 is 0 Å². The number of H-pyrrole nitrogens is 1. The molecule has 0 radical (unpaired) electrons. The van der Waals surface area contributed by atoms with E-state index in [4.69, 9.17) is 5.73 Å². The van der Waals surface area contributed by atoms with Crippen molar-refractivity contribution in [3.63, 3.8) is 0 Å². The number of nitrogens with two attached hydrogens (primary N) is 1. The van der Waals surface area contributed by atoms with Crippen LogP contribution in [0.4, 0.5) is 5.69 Å². The van der Waals surface area contributed by atoms with Crippen molar-refractivity contribution in [2.75, 3.05) is 11.9 Å². The van der Waals surface area contributed by atoms with E-state index < -0.39 is 0 Å². The molecule has 1 amide bonds. The number of fused-ring (bicyclic) bond motifs is 1. The molecule has 5 heteroatoms. The smallest absolute Gasteiger partial charge is 0.224 e. The van der Waals surface area contributed by atoms with Gasteiger partial charge in [0.05, 0.1) is 11.7 Å². The average molecular weight is 218 g/mol. The summed E-state index contributed by atoms with van der Waals surface area (Å²) in [4.78, 5) is 11.5. The fourth-order valence-electron chi connectivity index (χ4n) is 1.51. The molecule has 0 aliphatic carbocycles. The van der Waals surface area contributed by atoms with Crippen LogP contribution in [0.2, 0.25) is 0 Å². The molecule has 5 nitrogen and oxygen atoms in total. The van der Waals surface area contributed by atoms with Gasteiger partial charge in [-0.25, -0.2) is 0 Å². The summed E-state index contributed by atoms with van der Waals surface area (Å²) in [6, 6.07) is 5.63. The van der Waals surface area contributed by atoms with Crippen molar-refractivity contribution in [2.24, 2.45) is 5.73 Å². The highest BCUT2D eigenvalue weighted by molar-refractivity contribution is 5.93. The molecule has 2 rings (SSSR count). The highest BCUT2D eigenvalue weighted by Gasteiger charge is 2.02. The predicted molar refractivity (Wildman–Crippen MR) is 63.0 cm³/mol. The summed E-state index contributed by atoms with van der Waals surface area (Å²) in [7, 11) is 0. The quantitative estimate of drug-likeness (QED) is 0.721. The van der Waals surface area contributed by atoms with Crippen LogP contribution in [0.5, 0.6) is 0 Å². The number of amides is 1. The van der Waals surface area contributed by atoms with E-state index in [1.165, 1.54) is 0 Å². The van der Waals surface area contributed by atoms with Crippen molar-refractivity contribution in [3.8, 4) is 0 Å². The number of anilines is 1. The van der Waals surface area contributed by atoms with Crippen LogP contribution < -0.4 is 11.1 Å². The molecule has 0 atom stereocenters. The average Bonchev–Trinajstić information content (AvgIpc) is 2.73. The largest absolute Gasteiger partial charge is 0.330 e. The van der Waals surface area contributed by atoms with Gasteiger partial charge in [-0.2, -0.15) is 5.10 Å². The third-order valence-electron chi connectivity index (χ3n) is 2.33. The monoisotopic (exact) mass is 218 g/mol. The van der Waals surface area contributed by atoms with Crippen LogP contribution in [0.25, 0.3) is 10.9 Å². The number of carbonyl (C=O) groups is 1. The molecule has 84 valence electrons. The van der Waals surface area contributed by atoms with Gasteiger partial charge in [-0.3, -0.25) is 9.89 Å². The van der Waals surface area contributed by atoms with E-state index in [-0.39, 0.29) is 5.91 Å². The maximum Gasteiger partial charge on any atom is 0.224 e. The number of carbonyl (C=O) groups excluding carboxylic acids is 1. The summed E-state index contributed by atoms with van der Waals surface area (Å²) in [5, 5.41) is 10.6. The molecule has 0 fully saturated rings. The number of nitrogens with one attached hydrogen (secondary N) is 2. The minimum atomic E-state index is -0.00621. The maximum atomic E-state index is 11.5. The Morgan fingerprint density at radius 2 is 2.38 bits per heavy atom. The summed E-state index contributed by atoms with van der Waals surface area (Å²) in [5.41, 5.74) is 7.08.